The summed E-state index contributed by atoms with van der Waals surface area (Å²) in [6, 6.07) is 0. The molecule has 47 valence electrons. The molecule has 0 saturated heterocycles. The number of rotatable bonds is 1. The number of carbonyl (C=O) groups excluding carboxylic acids is 1. The molecule has 3 nitrogen and oxygen atoms in total. The van der Waals surface area contributed by atoms with Crippen LogP contribution in [0.4, 0.5) is 0 Å². The SMILES string of the molecule is C=CC(=O)OC#N.[Ag]. The molecule has 0 saturated carbocycles. The predicted molar refractivity (Wildman–Crippen MR) is 21.9 cm³/mol. The zero-order chi connectivity index (χ0) is 5.70. The molecule has 0 amide bonds. The van der Waals surface area contributed by atoms with Gasteiger partial charge in [-0.2, -0.15) is 0 Å². The summed E-state index contributed by atoms with van der Waals surface area (Å²) in [5.74, 6) is -0.720. The molecular formula is C4H3AgNO2. The van der Waals surface area contributed by atoms with Gasteiger partial charge in [-0.05, 0) is 0 Å². The van der Waals surface area contributed by atoms with Crippen molar-refractivity contribution in [3.8, 4) is 6.26 Å². The maximum absolute atomic E-state index is 9.85. The number of hydrogen-bond donors (Lipinski definition) is 0. The predicted octanol–water partition coefficient (Wildman–Crippen LogP) is 0.194. The van der Waals surface area contributed by atoms with E-state index in [1.807, 2.05) is 0 Å². The Bertz CT molecular complexity index is 126. The molecule has 0 aliphatic carbocycles. The molecule has 0 unspecified atom stereocenters. The van der Waals surface area contributed by atoms with Crippen LogP contribution in [0.1, 0.15) is 0 Å². The van der Waals surface area contributed by atoms with E-state index in [1.165, 1.54) is 6.26 Å². The van der Waals surface area contributed by atoms with E-state index >= 15 is 0 Å². The van der Waals surface area contributed by atoms with Crippen LogP contribution < -0.4 is 0 Å². The molecular weight excluding hydrogens is 202 g/mol. The smallest absolute Gasteiger partial charge is 0.345 e. The molecule has 0 heterocycles. The molecule has 0 aromatic carbocycles. The molecule has 0 aromatic rings. The van der Waals surface area contributed by atoms with Gasteiger partial charge in [0.15, 0.2) is 0 Å². The monoisotopic (exact) mass is 204 g/mol. The standard InChI is InChI=1S/C4H3NO2.Ag/c1-2-4(6)7-3-5;/h2H,1H2;. The van der Waals surface area contributed by atoms with Gasteiger partial charge in [-0.25, -0.2) is 4.79 Å². The van der Waals surface area contributed by atoms with Crippen molar-refractivity contribution >= 4 is 5.97 Å². The van der Waals surface area contributed by atoms with Crippen LogP contribution in [0.5, 0.6) is 0 Å². The minimum atomic E-state index is -0.720. The summed E-state index contributed by atoms with van der Waals surface area (Å²) in [5, 5.41) is 7.63. The topological polar surface area (TPSA) is 50.1 Å². The summed E-state index contributed by atoms with van der Waals surface area (Å²) in [5.41, 5.74) is 0. The molecule has 0 atom stereocenters. The van der Waals surface area contributed by atoms with Crippen LogP contribution in [-0.2, 0) is 31.9 Å². The average molecular weight is 205 g/mol. The van der Waals surface area contributed by atoms with Crippen LogP contribution in [0.3, 0.4) is 0 Å². The second-order valence-electron chi connectivity index (χ2n) is 0.717. The van der Waals surface area contributed by atoms with E-state index in [0.29, 0.717) is 0 Å². The fourth-order valence-electron chi connectivity index (χ4n) is 0.0867. The molecule has 0 aromatic heterocycles. The van der Waals surface area contributed by atoms with Gasteiger partial charge in [-0.3, -0.25) is 0 Å². The summed E-state index contributed by atoms with van der Waals surface area (Å²) < 4.78 is 3.74. The van der Waals surface area contributed by atoms with E-state index in [0.717, 1.165) is 6.08 Å². The molecule has 0 bridgehead atoms. The number of esters is 1. The Morgan fingerprint density at radius 1 is 1.88 bits per heavy atom. The second kappa shape index (κ2) is 6.44. The van der Waals surface area contributed by atoms with Crippen LogP contribution in [0.25, 0.3) is 0 Å². The molecule has 0 N–H and O–H groups in total. The van der Waals surface area contributed by atoms with E-state index in [4.69, 9.17) is 5.26 Å². The minimum Gasteiger partial charge on any atom is -0.347 e. The summed E-state index contributed by atoms with van der Waals surface area (Å²) in [7, 11) is 0. The fourth-order valence-corrected chi connectivity index (χ4v) is 0.0867. The number of carbonyl (C=O) groups is 1. The van der Waals surface area contributed by atoms with Gasteiger partial charge in [0.1, 0.15) is 0 Å². The van der Waals surface area contributed by atoms with Gasteiger partial charge < -0.3 is 4.74 Å². The Labute approximate surface area is 62.4 Å². The fraction of sp³-hybridized carbons (Fsp3) is 0. The maximum Gasteiger partial charge on any atom is 0.345 e. The van der Waals surface area contributed by atoms with Gasteiger partial charge in [-0.1, -0.05) is 6.58 Å². The van der Waals surface area contributed by atoms with Crippen LogP contribution in [0.2, 0.25) is 0 Å². The van der Waals surface area contributed by atoms with Crippen LogP contribution >= 0.6 is 0 Å². The van der Waals surface area contributed by atoms with E-state index < -0.39 is 5.97 Å². The van der Waals surface area contributed by atoms with Crippen molar-refractivity contribution in [2.45, 2.75) is 0 Å². The number of nitriles is 1. The Balaban J connectivity index is 0. The summed E-state index contributed by atoms with van der Waals surface area (Å²) in [6.07, 6.45) is 2.12. The Hall–Kier alpha value is -0.560. The third kappa shape index (κ3) is 5.44. The average Bonchev–Trinajstić information content (AvgIpc) is 1.68. The molecule has 0 aliphatic rings. The molecule has 4 heteroatoms. The van der Waals surface area contributed by atoms with Gasteiger partial charge in [-0.15, -0.1) is 5.26 Å². The minimum absolute atomic E-state index is 0. The van der Waals surface area contributed by atoms with Gasteiger partial charge >= 0.3 is 5.97 Å². The van der Waals surface area contributed by atoms with Crippen molar-refractivity contribution in [3.05, 3.63) is 12.7 Å². The van der Waals surface area contributed by atoms with E-state index in [2.05, 4.69) is 11.3 Å². The first-order valence-electron chi connectivity index (χ1n) is 1.53. The van der Waals surface area contributed by atoms with Gasteiger partial charge in [0.05, 0.1) is 0 Å². The van der Waals surface area contributed by atoms with Crippen LogP contribution in [0.15, 0.2) is 12.7 Å². The molecule has 1 radical (unpaired) electrons. The molecule has 0 spiro atoms. The Morgan fingerprint density at radius 2 is 2.38 bits per heavy atom. The maximum atomic E-state index is 9.85. The van der Waals surface area contributed by atoms with Gasteiger partial charge in [0.2, 0.25) is 0 Å². The van der Waals surface area contributed by atoms with Crippen molar-refractivity contribution in [1.82, 2.24) is 0 Å². The normalized spacial score (nSPS) is 5.38. The van der Waals surface area contributed by atoms with Crippen LogP contribution in [0, 0.1) is 11.5 Å². The van der Waals surface area contributed by atoms with Crippen molar-refractivity contribution < 1.29 is 31.9 Å². The molecule has 0 aliphatic heterocycles. The third-order valence-corrected chi connectivity index (χ3v) is 0.313. The largest absolute Gasteiger partial charge is 0.347 e. The number of hydrogen-bond acceptors (Lipinski definition) is 3. The molecule has 0 fully saturated rings. The van der Waals surface area contributed by atoms with E-state index in [-0.39, 0.29) is 22.4 Å². The first-order chi connectivity index (χ1) is 3.31. The Morgan fingerprint density at radius 3 is 2.50 bits per heavy atom. The first-order valence-corrected chi connectivity index (χ1v) is 1.53. The molecule has 8 heavy (non-hydrogen) atoms. The van der Waals surface area contributed by atoms with Crippen molar-refractivity contribution in [3.63, 3.8) is 0 Å². The molecule has 0 rings (SSSR count). The van der Waals surface area contributed by atoms with Gasteiger partial charge in [0.25, 0.3) is 6.26 Å². The van der Waals surface area contributed by atoms with E-state index in [9.17, 15) is 4.79 Å². The van der Waals surface area contributed by atoms with Crippen molar-refractivity contribution in [2.75, 3.05) is 0 Å². The van der Waals surface area contributed by atoms with Gasteiger partial charge in [0, 0.05) is 28.5 Å². The summed E-state index contributed by atoms with van der Waals surface area (Å²) in [6.45, 7) is 3.05. The van der Waals surface area contributed by atoms with Crippen LogP contribution in [-0.4, -0.2) is 5.97 Å². The third-order valence-electron chi connectivity index (χ3n) is 0.313. The first kappa shape index (κ1) is 10.4. The van der Waals surface area contributed by atoms with E-state index in [1.54, 1.807) is 0 Å². The number of nitrogens with zero attached hydrogens (tertiary/aromatic N) is 1. The number of ether oxygens (including phenoxy) is 1. The van der Waals surface area contributed by atoms with Crippen molar-refractivity contribution in [2.24, 2.45) is 0 Å². The summed E-state index contributed by atoms with van der Waals surface area (Å²) in [4.78, 5) is 9.85. The van der Waals surface area contributed by atoms with Crippen molar-refractivity contribution in [1.29, 1.82) is 5.26 Å². The zero-order valence-corrected chi connectivity index (χ0v) is 5.33. The zero-order valence-electron chi connectivity index (χ0n) is 3.85. The summed E-state index contributed by atoms with van der Waals surface area (Å²) >= 11 is 0. The second-order valence-corrected chi connectivity index (χ2v) is 0.717. The Kier molecular flexibility index (Phi) is 8.39. The quantitative estimate of drug-likeness (QED) is 0.266.